The molecular formula is C13H10N4O3S. The molecule has 0 bridgehead atoms. The van der Waals surface area contributed by atoms with Crippen molar-refractivity contribution in [3.8, 4) is 17.3 Å². The van der Waals surface area contributed by atoms with Gasteiger partial charge in [0.15, 0.2) is 0 Å². The lowest BCUT2D eigenvalue weighted by Gasteiger charge is -2.04. The van der Waals surface area contributed by atoms with Crippen LogP contribution in [0.4, 0.5) is 6.01 Å². The first kappa shape index (κ1) is 13.3. The van der Waals surface area contributed by atoms with E-state index in [1.165, 1.54) is 24.6 Å². The van der Waals surface area contributed by atoms with Gasteiger partial charge in [0.2, 0.25) is 5.88 Å². The Morgan fingerprint density at radius 1 is 1.38 bits per heavy atom. The molecule has 1 N–H and O–H groups in total. The zero-order chi connectivity index (χ0) is 14.7. The quantitative estimate of drug-likeness (QED) is 0.796. The van der Waals surface area contributed by atoms with Crippen molar-refractivity contribution in [3.63, 3.8) is 0 Å². The van der Waals surface area contributed by atoms with Crippen LogP contribution < -0.4 is 10.1 Å². The number of aromatic nitrogens is 3. The molecule has 0 saturated heterocycles. The van der Waals surface area contributed by atoms with Gasteiger partial charge in [-0.05, 0) is 23.6 Å². The van der Waals surface area contributed by atoms with Crippen molar-refractivity contribution in [1.82, 2.24) is 15.2 Å². The second kappa shape index (κ2) is 5.71. The molecule has 3 aromatic heterocycles. The summed E-state index contributed by atoms with van der Waals surface area (Å²) in [6.07, 6.45) is 1.54. The molecule has 3 heterocycles. The lowest BCUT2D eigenvalue weighted by molar-refractivity contribution is 0.102. The van der Waals surface area contributed by atoms with Crippen LogP contribution in [0.25, 0.3) is 11.5 Å². The minimum atomic E-state index is -0.430. The van der Waals surface area contributed by atoms with E-state index in [1.807, 2.05) is 16.8 Å². The average Bonchev–Trinajstić information content (AvgIpc) is 3.17. The Balaban J connectivity index is 1.79. The largest absolute Gasteiger partial charge is 0.480 e. The topological polar surface area (TPSA) is 90.1 Å². The highest BCUT2D eigenvalue weighted by Gasteiger charge is 2.16. The van der Waals surface area contributed by atoms with E-state index < -0.39 is 5.91 Å². The Bertz CT molecular complexity index is 754. The summed E-state index contributed by atoms with van der Waals surface area (Å²) in [5.74, 6) is 0.151. The second-order valence-electron chi connectivity index (χ2n) is 3.94. The SMILES string of the molecule is COc1ncccc1C(=O)Nc1nnc(-c2ccsc2)o1. The van der Waals surface area contributed by atoms with Crippen LogP contribution in [0.2, 0.25) is 0 Å². The summed E-state index contributed by atoms with van der Waals surface area (Å²) in [6.45, 7) is 0. The summed E-state index contributed by atoms with van der Waals surface area (Å²) in [5.41, 5.74) is 1.10. The zero-order valence-corrected chi connectivity index (χ0v) is 11.8. The standard InChI is InChI=1S/C13H10N4O3S/c1-19-12-9(3-2-5-14-12)10(18)15-13-17-16-11(20-13)8-4-6-21-7-8/h2-7H,1H3,(H,15,17,18). The average molecular weight is 302 g/mol. The molecule has 0 aliphatic rings. The van der Waals surface area contributed by atoms with Gasteiger partial charge >= 0.3 is 6.01 Å². The van der Waals surface area contributed by atoms with E-state index in [1.54, 1.807) is 12.1 Å². The fourth-order valence-electron chi connectivity index (χ4n) is 1.67. The Labute approximate surface area is 123 Å². The molecule has 7 nitrogen and oxygen atoms in total. The van der Waals surface area contributed by atoms with Crippen LogP contribution >= 0.6 is 11.3 Å². The number of anilines is 1. The molecule has 21 heavy (non-hydrogen) atoms. The fraction of sp³-hybridized carbons (Fsp3) is 0.0769. The maximum Gasteiger partial charge on any atom is 0.322 e. The minimum Gasteiger partial charge on any atom is -0.480 e. The summed E-state index contributed by atoms with van der Waals surface area (Å²) in [5, 5.41) is 14.0. The maximum absolute atomic E-state index is 12.1. The highest BCUT2D eigenvalue weighted by molar-refractivity contribution is 7.08. The van der Waals surface area contributed by atoms with Gasteiger partial charge in [-0.25, -0.2) is 4.98 Å². The maximum atomic E-state index is 12.1. The van der Waals surface area contributed by atoms with Crippen LogP contribution in [-0.4, -0.2) is 28.2 Å². The molecule has 106 valence electrons. The number of amides is 1. The molecule has 0 saturated carbocycles. The minimum absolute atomic E-state index is 0.0205. The smallest absolute Gasteiger partial charge is 0.322 e. The molecule has 3 rings (SSSR count). The van der Waals surface area contributed by atoms with Gasteiger partial charge in [0.05, 0.1) is 7.11 Å². The number of pyridine rings is 1. The van der Waals surface area contributed by atoms with Crippen LogP contribution in [0, 0.1) is 0 Å². The summed E-state index contributed by atoms with van der Waals surface area (Å²) < 4.78 is 10.4. The Morgan fingerprint density at radius 2 is 2.29 bits per heavy atom. The molecule has 1 amide bonds. The van der Waals surface area contributed by atoms with E-state index in [2.05, 4.69) is 20.5 Å². The number of hydrogen-bond donors (Lipinski definition) is 1. The number of rotatable bonds is 4. The lowest BCUT2D eigenvalue weighted by Crippen LogP contribution is -2.14. The summed E-state index contributed by atoms with van der Waals surface area (Å²) in [7, 11) is 1.44. The Kier molecular flexibility index (Phi) is 3.61. The van der Waals surface area contributed by atoms with Crippen molar-refractivity contribution in [3.05, 3.63) is 40.7 Å². The predicted octanol–water partition coefficient (Wildman–Crippen LogP) is 2.45. The van der Waals surface area contributed by atoms with Crippen LogP contribution in [0.1, 0.15) is 10.4 Å². The van der Waals surface area contributed by atoms with Gasteiger partial charge in [-0.3, -0.25) is 10.1 Å². The third kappa shape index (κ3) is 2.75. The highest BCUT2D eigenvalue weighted by atomic mass is 32.1. The van der Waals surface area contributed by atoms with Crippen molar-refractivity contribution in [2.75, 3.05) is 12.4 Å². The van der Waals surface area contributed by atoms with E-state index >= 15 is 0 Å². The van der Waals surface area contributed by atoms with E-state index in [0.717, 1.165) is 5.56 Å². The first-order valence-corrected chi connectivity index (χ1v) is 6.88. The van der Waals surface area contributed by atoms with Crippen LogP contribution in [-0.2, 0) is 0 Å². The summed E-state index contributed by atoms with van der Waals surface area (Å²) in [4.78, 5) is 16.1. The third-order valence-electron chi connectivity index (χ3n) is 2.62. The molecule has 0 spiro atoms. The number of carbonyl (C=O) groups excluding carboxylic acids is 1. The zero-order valence-electron chi connectivity index (χ0n) is 10.9. The normalized spacial score (nSPS) is 10.3. The van der Waals surface area contributed by atoms with E-state index in [9.17, 15) is 4.79 Å². The molecular weight excluding hydrogens is 292 g/mol. The Morgan fingerprint density at radius 3 is 3.05 bits per heavy atom. The van der Waals surface area contributed by atoms with Crippen LogP contribution in [0.3, 0.4) is 0 Å². The summed E-state index contributed by atoms with van der Waals surface area (Å²) in [6, 6.07) is 5.11. The molecule has 0 aliphatic carbocycles. The van der Waals surface area contributed by atoms with Gasteiger partial charge in [0.1, 0.15) is 5.56 Å². The molecule has 0 radical (unpaired) electrons. The molecule has 0 fully saturated rings. The first-order valence-electron chi connectivity index (χ1n) is 5.94. The van der Waals surface area contributed by atoms with Crippen LogP contribution in [0.15, 0.2) is 39.6 Å². The van der Waals surface area contributed by atoms with E-state index in [0.29, 0.717) is 5.89 Å². The highest BCUT2D eigenvalue weighted by Crippen LogP contribution is 2.22. The van der Waals surface area contributed by atoms with Crippen LogP contribution in [0.5, 0.6) is 5.88 Å². The molecule has 0 aliphatic heterocycles. The van der Waals surface area contributed by atoms with Gasteiger partial charge in [-0.2, -0.15) is 11.3 Å². The molecule has 3 aromatic rings. The van der Waals surface area contributed by atoms with Crippen molar-refractivity contribution >= 4 is 23.3 Å². The van der Waals surface area contributed by atoms with Gasteiger partial charge in [0, 0.05) is 17.1 Å². The summed E-state index contributed by atoms with van der Waals surface area (Å²) >= 11 is 1.52. The monoisotopic (exact) mass is 302 g/mol. The van der Waals surface area contributed by atoms with E-state index in [-0.39, 0.29) is 17.5 Å². The van der Waals surface area contributed by atoms with Crippen molar-refractivity contribution in [1.29, 1.82) is 0 Å². The van der Waals surface area contributed by atoms with Gasteiger partial charge in [0.25, 0.3) is 11.8 Å². The first-order chi connectivity index (χ1) is 10.3. The fourth-order valence-corrected chi connectivity index (χ4v) is 2.30. The second-order valence-corrected chi connectivity index (χ2v) is 4.72. The van der Waals surface area contributed by atoms with Gasteiger partial charge in [-0.15, -0.1) is 5.10 Å². The number of thiophene rings is 1. The number of methoxy groups -OCH3 is 1. The molecule has 8 heteroatoms. The van der Waals surface area contributed by atoms with Crippen molar-refractivity contribution in [2.45, 2.75) is 0 Å². The van der Waals surface area contributed by atoms with Crippen molar-refractivity contribution < 1.29 is 13.9 Å². The number of ether oxygens (including phenoxy) is 1. The number of hydrogen-bond acceptors (Lipinski definition) is 7. The van der Waals surface area contributed by atoms with Gasteiger partial charge in [-0.1, -0.05) is 5.10 Å². The lowest BCUT2D eigenvalue weighted by atomic mass is 10.2. The van der Waals surface area contributed by atoms with E-state index in [4.69, 9.17) is 9.15 Å². The molecule has 0 atom stereocenters. The molecule has 0 aromatic carbocycles. The number of nitrogens with one attached hydrogen (secondary N) is 1. The third-order valence-corrected chi connectivity index (χ3v) is 3.31. The number of nitrogens with zero attached hydrogens (tertiary/aromatic N) is 3. The van der Waals surface area contributed by atoms with Gasteiger partial charge < -0.3 is 9.15 Å². The van der Waals surface area contributed by atoms with Crippen molar-refractivity contribution in [2.24, 2.45) is 0 Å². The predicted molar refractivity (Wildman–Crippen MR) is 76.4 cm³/mol. The number of carbonyl (C=O) groups is 1. The molecule has 0 unspecified atom stereocenters. The Hall–Kier alpha value is -2.74.